The number of nitrogens with one attached hydrogen (secondary N) is 2. The molecular formula is C16H16Cl2N2O2. The van der Waals surface area contributed by atoms with Gasteiger partial charge >= 0.3 is 0 Å². The Hall–Kier alpha value is -1.78. The molecule has 22 heavy (non-hydrogen) atoms. The molecule has 2 rings (SSSR count). The Balaban J connectivity index is 2.16. The third kappa shape index (κ3) is 3.34. The van der Waals surface area contributed by atoms with Crippen molar-refractivity contribution >= 4 is 34.9 Å². The van der Waals surface area contributed by atoms with Crippen molar-refractivity contribution in [3.8, 4) is 0 Å². The molecule has 1 amide bonds. The summed E-state index contributed by atoms with van der Waals surface area (Å²) in [6, 6.07) is 5.11. The number of hydrogen-bond donors (Lipinski definition) is 2. The van der Waals surface area contributed by atoms with Gasteiger partial charge in [-0.05, 0) is 44.0 Å². The normalized spacial score (nSPS) is 10.6. The van der Waals surface area contributed by atoms with Crippen LogP contribution >= 0.6 is 23.2 Å². The number of amides is 1. The molecule has 0 bridgehead atoms. The number of aromatic amines is 1. The van der Waals surface area contributed by atoms with Crippen molar-refractivity contribution in [1.82, 2.24) is 10.3 Å². The molecular weight excluding hydrogens is 323 g/mol. The van der Waals surface area contributed by atoms with Gasteiger partial charge in [-0.3, -0.25) is 9.59 Å². The molecule has 0 saturated heterocycles. The van der Waals surface area contributed by atoms with Crippen LogP contribution in [-0.2, 0) is 6.54 Å². The summed E-state index contributed by atoms with van der Waals surface area (Å²) in [5.41, 5.74) is 3.08. The van der Waals surface area contributed by atoms with Gasteiger partial charge in [0.25, 0.3) is 5.91 Å². The molecule has 116 valence electrons. The first-order chi connectivity index (χ1) is 10.3. The summed E-state index contributed by atoms with van der Waals surface area (Å²) in [4.78, 5) is 26.8. The maximum absolute atomic E-state index is 12.3. The fourth-order valence-electron chi connectivity index (χ4n) is 2.43. The molecule has 6 heteroatoms. The van der Waals surface area contributed by atoms with Gasteiger partial charge in [0.1, 0.15) is 5.69 Å². The number of rotatable bonds is 4. The van der Waals surface area contributed by atoms with Crippen molar-refractivity contribution < 1.29 is 9.59 Å². The largest absolute Gasteiger partial charge is 0.354 e. The van der Waals surface area contributed by atoms with Gasteiger partial charge in [-0.25, -0.2) is 0 Å². The summed E-state index contributed by atoms with van der Waals surface area (Å²) in [7, 11) is 0. The minimum absolute atomic E-state index is 0.0638. The van der Waals surface area contributed by atoms with E-state index in [1.165, 1.54) is 6.92 Å². The standard InChI is InChI=1S/C16H16Cl2N2O2/c1-8-14(10(3)21)9(2)20-15(8)16(22)19-7-11-4-5-12(17)6-13(11)18/h4-6,20H,7H2,1-3H3,(H,19,22). The lowest BCUT2D eigenvalue weighted by Crippen LogP contribution is -2.24. The van der Waals surface area contributed by atoms with E-state index in [2.05, 4.69) is 10.3 Å². The highest BCUT2D eigenvalue weighted by Gasteiger charge is 2.19. The monoisotopic (exact) mass is 338 g/mol. The van der Waals surface area contributed by atoms with E-state index in [0.717, 1.165) is 5.56 Å². The van der Waals surface area contributed by atoms with E-state index in [-0.39, 0.29) is 18.2 Å². The highest BCUT2D eigenvalue weighted by molar-refractivity contribution is 6.35. The maximum Gasteiger partial charge on any atom is 0.268 e. The van der Waals surface area contributed by atoms with Crippen LogP contribution in [0.2, 0.25) is 10.0 Å². The molecule has 4 nitrogen and oxygen atoms in total. The average Bonchev–Trinajstić information content (AvgIpc) is 2.72. The smallest absolute Gasteiger partial charge is 0.268 e. The van der Waals surface area contributed by atoms with E-state index in [1.807, 2.05) is 0 Å². The zero-order valence-electron chi connectivity index (χ0n) is 12.5. The third-order valence-electron chi connectivity index (χ3n) is 3.47. The predicted molar refractivity (Wildman–Crippen MR) is 87.9 cm³/mol. The Kier molecular flexibility index (Phi) is 4.94. The summed E-state index contributed by atoms with van der Waals surface area (Å²) in [5, 5.41) is 3.83. The van der Waals surface area contributed by atoms with E-state index < -0.39 is 0 Å². The first-order valence-electron chi connectivity index (χ1n) is 6.73. The minimum atomic E-state index is -0.279. The van der Waals surface area contributed by atoms with Crippen molar-refractivity contribution in [1.29, 1.82) is 0 Å². The Morgan fingerprint density at radius 1 is 1.23 bits per heavy atom. The Morgan fingerprint density at radius 3 is 2.45 bits per heavy atom. The Labute approximate surface area is 138 Å². The van der Waals surface area contributed by atoms with Gasteiger partial charge in [-0.2, -0.15) is 0 Å². The second-order valence-corrected chi connectivity index (χ2v) is 5.94. The van der Waals surface area contributed by atoms with E-state index in [0.29, 0.717) is 32.6 Å². The molecule has 0 aliphatic rings. The molecule has 0 fully saturated rings. The molecule has 1 heterocycles. The fourth-order valence-corrected chi connectivity index (χ4v) is 2.91. The van der Waals surface area contributed by atoms with E-state index >= 15 is 0 Å². The van der Waals surface area contributed by atoms with Gasteiger partial charge in [-0.15, -0.1) is 0 Å². The van der Waals surface area contributed by atoms with Crippen LogP contribution in [-0.4, -0.2) is 16.7 Å². The fraction of sp³-hybridized carbons (Fsp3) is 0.250. The number of halogens is 2. The molecule has 1 aromatic heterocycles. The molecule has 1 aromatic carbocycles. The van der Waals surface area contributed by atoms with Gasteiger partial charge < -0.3 is 10.3 Å². The number of ketones is 1. The van der Waals surface area contributed by atoms with Crippen LogP contribution in [0.25, 0.3) is 0 Å². The quantitative estimate of drug-likeness (QED) is 0.825. The predicted octanol–water partition coefficient (Wildman–Crippen LogP) is 4.07. The lowest BCUT2D eigenvalue weighted by atomic mass is 10.1. The average molecular weight is 339 g/mol. The zero-order valence-corrected chi connectivity index (χ0v) is 14.0. The topological polar surface area (TPSA) is 62.0 Å². The number of aryl methyl sites for hydroxylation is 1. The molecule has 2 aromatic rings. The van der Waals surface area contributed by atoms with Crippen LogP contribution in [0, 0.1) is 13.8 Å². The van der Waals surface area contributed by atoms with Crippen LogP contribution < -0.4 is 5.32 Å². The molecule has 0 saturated carbocycles. The summed E-state index contributed by atoms with van der Waals surface area (Å²) < 4.78 is 0. The summed E-state index contributed by atoms with van der Waals surface area (Å²) in [5.74, 6) is -0.342. The number of Topliss-reactive ketones (excluding diaryl/α,β-unsaturated/α-hetero) is 1. The van der Waals surface area contributed by atoms with Crippen molar-refractivity contribution in [3.63, 3.8) is 0 Å². The lowest BCUT2D eigenvalue weighted by molar-refractivity contribution is 0.0945. The summed E-state index contributed by atoms with van der Waals surface area (Å²) >= 11 is 11.9. The molecule has 0 unspecified atom stereocenters. The molecule has 2 N–H and O–H groups in total. The Bertz CT molecular complexity index is 751. The number of benzene rings is 1. The van der Waals surface area contributed by atoms with Crippen LogP contribution in [0.1, 0.15) is 44.6 Å². The summed E-state index contributed by atoms with van der Waals surface area (Å²) in [6.07, 6.45) is 0. The number of carbonyl (C=O) groups is 2. The molecule has 0 spiro atoms. The molecule has 0 aliphatic heterocycles. The van der Waals surface area contributed by atoms with Crippen molar-refractivity contribution in [3.05, 3.63) is 56.3 Å². The van der Waals surface area contributed by atoms with Crippen LogP contribution in [0.5, 0.6) is 0 Å². The second-order valence-electron chi connectivity index (χ2n) is 5.10. The molecule has 0 aliphatic carbocycles. The first kappa shape index (κ1) is 16.6. The first-order valence-corrected chi connectivity index (χ1v) is 7.49. The molecule has 0 radical (unpaired) electrons. The van der Waals surface area contributed by atoms with Crippen molar-refractivity contribution in [2.24, 2.45) is 0 Å². The number of aromatic nitrogens is 1. The SMILES string of the molecule is CC(=O)c1c(C)[nH]c(C(=O)NCc2ccc(Cl)cc2Cl)c1C. The lowest BCUT2D eigenvalue weighted by Gasteiger charge is -2.07. The van der Waals surface area contributed by atoms with E-state index in [4.69, 9.17) is 23.2 Å². The molecule has 0 atom stereocenters. The van der Waals surface area contributed by atoms with Gasteiger partial charge in [-0.1, -0.05) is 29.3 Å². The zero-order chi connectivity index (χ0) is 16.4. The number of carbonyl (C=O) groups excluding carboxylic acids is 2. The van der Waals surface area contributed by atoms with Gasteiger partial charge in [0.15, 0.2) is 5.78 Å². The highest BCUT2D eigenvalue weighted by Crippen LogP contribution is 2.21. The van der Waals surface area contributed by atoms with E-state index in [1.54, 1.807) is 32.0 Å². The third-order valence-corrected chi connectivity index (χ3v) is 4.06. The van der Waals surface area contributed by atoms with Gasteiger partial charge in [0.2, 0.25) is 0 Å². The van der Waals surface area contributed by atoms with E-state index in [9.17, 15) is 9.59 Å². The highest BCUT2D eigenvalue weighted by atomic mass is 35.5. The van der Waals surface area contributed by atoms with Gasteiger partial charge in [0.05, 0.1) is 0 Å². The van der Waals surface area contributed by atoms with Crippen molar-refractivity contribution in [2.45, 2.75) is 27.3 Å². The van der Waals surface area contributed by atoms with Gasteiger partial charge in [0, 0.05) is 27.8 Å². The number of hydrogen-bond acceptors (Lipinski definition) is 2. The summed E-state index contributed by atoms with van der Waals surface area (Å²) in [6.45, 7) is 5.29. The van der Waals surface area contributed by atoms with Crippen molar-refractivity contribution in [2.75, 3.05) is 0 Å². The number of H-pyrrole nitrogens is 1. The second kappa shape index (κ2) is 6.55. The maximum atomic E-state index is 12.3. The van der Waals surface area contributed by atoms with Crippen LogP contribution in [0.4, 0.5) is 0 Å². The Morgan fingerprint density at radius 2 is 1.91 bits per heavy atom. The minimum Gasteiger partial charge on any atom is -0.354 e. The van der Waals surface area contributed by atoms with Crippen LogP contribution in [0.15, 0.2) is 18.2 Å². The van der Waals surface area contributed by atoms with Crippen LogP contribution in [0.3, 0.4) is 0 Å².